The number of pyridine rings is 1. The standard InChI is InChI=1S/C7H7FN/c1-2-6-3-7(8)5-9-4-6/h3-5H,1-2H2. The van der Waals surface area contributed by atoms with Crippen LogP contribution in [0.3, 0.4) is 0 Å². The van der Waals surface area contributed by atoms with Gasteiger partial charge in [0.05, 0.1) is 6.20 Å². The summed E-state index contributed by atoms with van der Waals surface area (Å²) in [5, 5.41) is 0. The summed E-state index contributed by atoms with van der Waals surface area (Å²) in [7, 11) is 0. The van der Waals surface area contributed by atoms with E-state index in [9.17, 15) is 4.39 Å². The summed E-state index contributed by atoms with van der Waals surface area (Å²) in [6.45, 7) is 3.59. The van der Waals surface area contributed by atoms with Gasteiger partial charge < -0.3 is 0 Å². The molecule has 1 nitrogen and oxygen atoms in total. The van der Waals surface area contributed by atoms with Crippen molar-refractivity contribution in [3.05, 3.63) is 36.8 Å². The van der Waals surface area contributed by atoms with E-state index in [2.05, 4.69) is 11.9 Å². The van der Waals surface area contributed by atoms with Gasteiger partial charge >= 0.3 is 0 Å². The lowest BCUT2D eigenvalue weighted by Gasteiger charge is -1.91. The molecule has 0 aliphatic carbocycles. The Hall–Kier alpha value is -0.920. The Labute approximate surface area is 53.5 Å². The predicted octanol–water partition coefficient (Wildman–Crippen LogP) is 1.60. The van der Waals surface area contributed by atoms with Gasteiger partial charge in [0.1, 0.15) is 5.82 Å². The lowest BCUT2D eigenvalue weighted by molar-refractivity contribution is 0.619. The fourth-order valence-corrected chi connectivity index (χ4v) is 0.593. The summed E-state index contributed by atoms with van der Waals surface area (Å²) >= 11 is 0. The summed E-state index contributed by atoms with van der Waals surface area (Å²) < 4.78 is 12.3. The Balaban J connectivity index is 2.94. The molecule has 0 amide bonds. The van der Waals surface area contributed by atoms with Crippen LogP contribution in [0.15, 0.2) is 18.5 Å². The van der Waals surface area contributed by atoms with Crippen LogP contribution in [0.4, 0.5) is 4.39 Å². The molecule has 0 unspecified atom stereocenters. The zero-order chi connectivity index (χ0) is 6.69. The van der Waals surface area contributed by atoms with Crippen molar-refractivity contribution in [3.63, 3.8) is 0 Å². The Bertz CT molecular complexity index is 198. The molecule has 0 aliphatic rings. The second-order valence-corrected chi connectivity index (χ2v) is 1.76. The first-order chi connectivity index (χ1) is 4.33. The van der Waals surface area contributed by atoms with Crippen LogP contribution in [-0.2, 0) is 6.42 Å². The average molecular weight is 124 g/mol. The zero-order valence-corrected chi connectivity index (χ0v) is 4.97. The second-order valence-electron chi connectivity index (χ2n) is 1.76. The van der Waals surface area contributed by atoms with Gasteiger partial charge in [0.15, 0.2) is 0 Å². The molecule has 0 spiro atoms. The molecule has 0 atom stereocenters. The van der Waals surface area contributed by atoms with Crippen molar-refractivity contribution in [2.75, 3.05) is 0 Å². The van der Waals surface area contributed by atoms with Crippen LogP contribution in [0.2, 0.25) is 0 Å². The number of hydrogen-bond acceptors (Lipinski definition) is 1. The van der Waals surface area contributed by atoms with Gasteiger partial charge in [0.2, 0.25) is 0 Å². The molecule has 1 heterocycles. The molecule has 0 fully saturated rings. The van der Waals surface area contributed by atoms with Crippen LogP contribution in [0.25, 0.3) is 0 Å². The normalized spacial score (nSPS) is 9.56. The van der Waals surface area contributed by atoms with Crippen LogP contribution in [0.5, 0.6) is 0 Å². The molecule has 0 aliphatic heterocycles. The van der Waals surface area contributed by atoms with Gasteiger partial charge in [0, 0.05) is 6.20 Å². The monoisotopic (exact) mass is 124 g/mol. The van der Waals surface area contributed by atoms with Gasteiger partial charge in [-0.05, 0) is 25.0 Å². The summed E-state index contributed by atoms with van der Waals surface area (Å²) in [5.74, 6) is -0.295. The Morgan fingerprint density at radius 2 is 2.33 bits per heavy atom. The van der Waals surface area contributed by atoms with Gasteiger partial charge in [-0.3, -0.25) is 4.98 Å². The fourth-order valence-electron chi connectivity index (χ4n) is 0.593. The maximum absolute atomic E-state index is 12.3. The van der Waals surface area contributed by atoms with E-state index in [1.165, 1.54) is 12.3 Å². The molecule has 2 heteroatoms. The van der Waals surface area contributed by atoms with Crippen molar-refractivity contribution in [3.8, 4) is 0 Å². The molecule has 0 N–H and O–H groups in total. The number of nitrogens with zero attached hydrogens (tertiary/aromatic N) is 1. The van der Waals surface area contributed by atoms with Crippen molar-refractivity contribution in [1.82, 2.24) is 4.98 Å². The van der Waals surface area contributed by atoms with E-state index in [4.69, 9.17) is 0 Å². The molecule has 1 radical (unpaired) electrons. The average Bonchev–Trinajstić information content (AvgIpc) is 1.88. The van der Waals surface area contributed by atoms with E-state index in [0.717, 1.165) is 5.56 Å². The van der Waals surface area contributed by atoms with Crippen LogP contribution in [-0.4, -0.2) is 4.98 Å². The quantitative estimate of drug-likeness (QED) is 0.554. The van der Waals surface area contributed by atoms with Crippen LogP contribution in [0, 0.1) is 12.7 Å². The third-order valence-electron chi connectivity index (χ3n) is 1.05. The molecule has 47 valence electrons. The minimum Gasteiger partial charge on any atom is -0.261 e. The maximum Gasteiger partial charge on any atom is 0.141 e. The van der Waals surface area contributed by atoms with E-state index in [-0.39, 0.29) is 5.82 Å². The van der Waals surface area contributed by atoms with Gasteiger partial charge in [-0.2, -0.15) is 0 Å². The highest BCUT2D eigenvalue weighted by molar-refractivity contribution is 5.10. The number of aromatic nitrogens is 1. The molecule has 0 bridgehead atoms. The summed E-state index contributed by atoms with van der Waals surface area (Å²) in [6, 6.07) is 1.43. The molecular formula is C7H7FN. The minimum atomic E-state index is -0.295. The van der Waals surface area contributed by atoms with Gasteiger partial charge in [0.25, 0.3) is 0 Å². The minimum absolute atomic E-state index is 0.295. The molecule has 1 rings (SSSR count). The lowest BCUT2D eigenvalue weighted by Crippen LogP contribution is -1.83. The van der Waals surface area contributed by atoms with E-state index < -0.39 is 0 Å². The Morgan fingerprint density at radius 1 is 1.56 bits per heavy atom. The van der Waals surface area contributed by atoms with E-state index in [1.54, 1.807) is 6.20 Å². The van der Waals surface area contributed by atoms with Crippen molar-refractivity contribution < 1.29 is 4.39 Å². The van der Waals surface area contributed by atoms with E-state index >= 15 is 0 Å². The number of halogens is 1. The van der Waals surface area contributed by atoms with Gasteiger partial charge in [-0.25, -0.2) is 4.39 Å². The van der Waals surface area contributed by atoms with Crippen LogP contribution >= 0.6 is 0 Å². The highest BCUT2D eigenvalue weighted by Crippen LogP contribution is 1.99. The number of rotatable bonds is 1. The van der Waals surface area contributed by atoms with E-state index in [1.807, 2.05) is 0 Å². The molecule has 0 saturated carbocycles. The highest BCUT2D eigenvalue weighted by Gasteiger charge is 1.90. The lowest BCUT2D eigenvalue weighted by atomic mass is 10.2. The maximum atomic E-state index is 12.3. The first-order valence-corrected chi connectivity index (χ1v) is 2.71. The van der Waals surface area contributed by atoms with Crippen molar-refractivity contribution >= 4 is 0 Å². The van der Waals surface area contributed by atoms with Gasteiger partial charge in [-0.1, -0.05) is 0 Å². The van der Waals surface area contributed by atoms with Crippen LogP contribution < -0.4 is 0 Å². The smallest absolute Gasteiger partial charge is 0.141 e. The zero-order valence-electron chi connectivity index (χ0n) is 4.97. The SMILES string of the molecule is [CH2]Cc1cncc(F)c1. The largest absolute Gasteiger partial charge is 0.261 e. The predicted molar refractivity (Wildman–Crippen MR) is 33.3 cm³/mol. The molecular weight excluding hydrogens is 117 g/mol. The number of hydrogen-bond donors (Lipinski definition) is 0. The Kier molecular flexibility index (Phi) is 1.78. The van der Waals surface area contributed by atoms with Crippen molar-refractivity contribution in [1.29, 1.82) is 0 Å². The third-order valence-corrected chi connectivity index (χ3v) is 1.05. The van der Waals surface area contributed by atoms with Crippen LogP contribution in [0.1, 0.15) is 5.56 Å². The third kappa shape index (κ3) is 1.49. The summed E-state index contributed by atoms with van der Waals surface area (Å²) in [5.41, 5.74) is 0.829. The Morgan fingerprint density at radius 3 is 2.78 bits per heavy atom. The molecule has 0 aromatic carbocycles. The fraction of sp³-hybridized carbons (Fsp3) is 0.143. The second kappa shape index (κ2) is 2.58. The van der Waals surface area contributed by atoms with Crippen molar-refractivity contribution in [2.45, 2.75) is 6.42 Å². The first kappa shape index (κ1) is 6.20. The highest BCUT2D eigenvalue weighted by atomic mass is 19.1. The topological polar surface area (TPSA) is 12.9 Å². The molecule has 1 aromatic heterocycles. The summed E-state index contributed by atoms with van der Waals surface area (Å²) in [6.07, 6.45) is 3.38. The summed E-state index contributed by atoms with van der Waals surface area (Å²) in [4.78, 5) is 3.64. The first-order valence-electron chi connectivity index (χ1n) is 2.71. The molecule has 1 aromatic rings. The molecule has 9 heavy (non-hydrogen) atoms. The van der Waals surface area contributed by atoms with Gasteiger partial charge in [-0.15, -0.1) is 0 Å². The molecule has 0 saturated heterocycles. The van der Waals surface area contributed by atoms with Crippen molar-refractivity contribution in [2.24, 2.45) is 0 Å². The van der Waals surface area contributed by atoms with E-state index in [0.29, 0.717) is 6.42 Å².